The molecule has 0 bridgehead atoms. The Balaban J connectivity index is 2.05. The molecule has 21 heavy (non-hydrogen) atoms. The van der Waals surface area contributed by atoms with E-state index in [1.165, 1.54) is 0 Å². The molecular weight excluding hydrogens is 284 g/mol. The molecule has 2 N–H and O–H groups in total. The van der Waals surface area contributed by atoms with Crippen LogP contribution in [0.15, 0.2) is 48.5 Å². The maximum absolute atomic E-state index is 6.03. The fraction of sp³-hybridized carbons (Fsp3) is 0.118. The van der Waals surface area contributed by atoms with Gasteiger partial charge in [0.15, 0.2) is 0 Å². The number of nitrogens with zero attached hydrogens (tertiary/aromatic N) is 1. The van der Waals surface area contributed by atoms with Gasteiger partial charge in [0, 0.05) is 28.1 Å². The van der Waals surface area contributed by atoms with Crippen molar-refractivity contribution < 1.29 is 4.74 Å². The fourth-order valence-corrected chi connectivity index (χ4v) is 2.37. The van der Waals surface area contributed by atoms with E-state index in [2.05, 4.69) is 11.1 Å². The van der Waals surface area contributed by atoms with Gasteiger partial charge in [-0.1, -0.05) is 35.9 Å². The van der Waals surface area contributed by atoms with Gasteiger partial charge in [0.05, 0.1) is 5.52 Å². The van der Waals surface area contributed by atoms with E-state index in [1.807, 2.05) is 37.3 Å². The van der Waals surface area contributed by atoms with Gasteiger partial charge >= 0.3 is 0 Å². The van der Waals surface area contributed by atoms with Crippen molar-refractivity contribution in [2.45, 2.75) is 13.5 Å². The molecule has 0 spiro atoms. The first kappa shape index (κ1) is 13.9. The van der Waals surface area contributed by atoms with Gasteiger partial charge in [-0.15, -0.1) is 0 Å². The Morgan fingerprint density at radius 1 is 1.14 bits per heavy atom. The van der Waals surface area contributed by atoms with Crippen LogP contribution in [0.5, 0.6) is 11.6 Å². The van der Waals surface area contributed by atoms with Crippen molar-refractivity contribution in [3.05, 3.63) is 64.7 Å². The van der Waals surface area contributed by atoms with Gasteiger partial charge < -0.3 is 10.5 Å². The molecule has 0 saturated carbocycles. The summed E-state index contributed by atoms with van der Waals surface area (Å²) in [6.07, 6.45) is 0. The third-order valence-corrected chi connectivity index (χ3v) is 3.56. The van der Waals surface area contributed by atoms with Gasteiger partial charge in [-0.2, -0.15) is 0 Å². The van der Waals surface area contributed by atoms with Gasteiger partial charge in [-0.05, 0) is 31.2 Å². The number of pyridine rings is 1. The third-order valence-electron chi connectivity index (χ3n) is 3.32. The lowest BCUT2D eigenvalue weighted by Crippen LogP contribution is -2.01. The van der Waals surface area contributed by atoms with E-state index < -0.39 is 0 Å². The fourth-order valence-electron chi connectivity index (χ4n) is 2.20. The zero-order chi connectivity index (χ0) is 14.8. The summed E-state index contributed by atoms with van der Waals surface area (Å²) in [5, 5.41) is 1.70. The number of fused-ring (bicyclic) bond motifs is 1. The Hall–Kier alpha value is -2.10. The van der Waals surface area contributed by atoms with Gasteiger partial charge in [0.1, 0.15) is 5.75 Å². The predicted octanol–water partition coefficient (Wildman–Crippen LogP) is 4.45. The second-order valence-corrected chi connectivity index (χ2v) is 5.30. The number of halogens is 1. The molecule has 0 saturated heterocycles. The highest BCUT2D eigenvalue weighted by Crippen LogP contribution is 2.30. The van der Waals surface area contributed by atoms with Gasteiger partial charge in [-0.3, -0.25) is 0 Å². The SMILES string of the molecule is Cc1cc2ccccc2nc1Oc1cc(Cl)ccc1CN. The van der Waals surface area contributed by atoms with E-state index in [-0.39, 0.29) is 0 Å². The van der Waals surface area contributed by atoms with Crippen LogP contribution >= 0.6 is 11.6 Å². The van der Waals surface area contributed by atoms with E-state index >= 15 is 0 Å². The van der Waals surface area contributed by atoms with Gasteiger partial charge in [-0.25, -0.2) is 4.98 Å². The summed E-state index contributed by atoms with van der Waals surface area (Å²) in [4.78, 5) is 4.57. The summed E-state index contributed by atoms with van der Waals surface area (Å²) in [6, 6.07) is 15.4. The largest absolute Gasteiger partial charge is 0.438 e. The van der Waals surface area contributed by atoms with Crippen molar-refractivity contribution in [2.75, 3.05) is 0 Å². The Morgan fingerprint density at radius 3 is 2.76 bits per heavy atom. The van der Waals surface area contributed by atoms with Crippen LogP contribution < -0.4 is 10.5 Å². The van der Waals surface area contributed by atoms with E-state index in [9.17, 15) is 0 Å². The van der Waals surface area contributed by atoms with Crippen molar-refractivity contribution in [1.29, 1.82) is 0 Å². The molecule has 1 aromatic heterocycles. The zero-order valence-electron chi connectivity index (χ0n) is 11.6. The highest BCUT2D eigenvalue weighted by Gasteiger charge is 2.09. The normalized spacial score (nSPS) is 10.8. The molecule has 4 heteroatoms. The van der Waals surface area contributed by atoms with Crippen molar-refractivity contribution in [2.24, 2.45) is 5.73 Å². The number of hydrogen-bond donors (Lipinski definition) is 1. The van der Waals surface area contributed by atoms with Gasteiger partial charge in [0.2, 0.25) is 5.88 Å². The molecule has 0 amide bonds. The monoisotopic (exact) mass is 298 g/mol. The Kier molecular flexibility index (Phi) is 3.78. The molecule has 0 aliphatic rings. The lowest BCUT2D eigenvalue weighted by Gasteiger charge is -2.12. The number of hydrogen-bond acceptors (Lipinski definition) is 3. The molecule has 106 valence electrons. The molecule has 0 unspecified atom stereocenters. The van der Waals surface area contributed by atoms with Crippen LogP contribution in [-0.4, -0.2) is 4.98 Å². The van der Waals surface area contributed by atoms with Crippen molar-refractivity contribution in [1.82, 2.24) is 4.98 Å². The van der Waals surface area contributed by atoms with Crippen molar-refractivity contribution in [3.63, 3.8) is 0 Å². The Morgan fingerprint density at radius 2 is 1.95 bits per heavy atom. The number of nitrogens with two attached hydrogens (primary N) is 1. The lowest BCUT2D eigenvalue weighted by atomic mass is 10.1. The number of aryl methyl sites for hydroxylation is 1. The maximum Gasteiger partial charge on any atom is 0.222 e. The molecule has 1 heterocycles. The smallest absolute Gasteiger partial charge is 0.222 e. The average molecular weight is 299 g/mol. The van der Waals surface area contributed by atoms with Gasteiger partial charge in [0.25, 0.3) is 0 Å². The molecule has 0 fully saturated rings. The third kappa shape index (κ3) is 2.84. The number of rotatable bonds is 3. The molecule has 0 radical (unpaired) electrons. The Labute approximate surface area is 128 Å². The first-order valence-electron chi connectivity index (χ1n) is 6.70. The van der Waals surface area contributed by atoms with Crippen LogP contribution in [-0.2, 0) is 6.54 Å². The minimum absolute atomic E-state index is 0.388. The lowest BCUT2D eigenvalue weighted by molar-refractivity contribution is 0.455. The molecule has 0 aliphatic carbocycles. The minimum Gasteiger partial charge on any atom is -0.438 e. The van der Waals surface area contributed by atoms with Crippen LogP contribution in [0.2, 0.25) is 5.02 Å². The van der Waals surface area contributed by atoms with Crippen molar-refractivity contribution >= 4 is 22.5 Å². The van der Waals surface area contributed by atoms with E-state index in [1.54, 1.807) is 12.1 Å². The summed E-state index contributed by atoms with van der Waals surface area (Å²) in [7, 11) is 0. The predicted molar refractivity (Wildman–Crippen MR) is 85.9 cm³/mol. The summed E-state index contributed by atoms with van der Waals surface area (Å²) < 4.78 is 5.94. The number of para-hydroxylation sites is 1. The summed E-state index contributed by atoms with van der Waals surface area (Å²) in [5.41, 5.74) is 8.50. The van der Waals surface area contributed by atoms with Crippen LogP contribution in [0.1, 0.15) is 11.1 Å². The van der Waals surface area contributed by atoms with Crippen LogP contribution in [0.4, 0.5) is 0 Å². The quantitative estimate of drug-likeness (QED) is 0.777. The zero-order valence-corrected chi connectivity index (χ0v) is 12.4. The minimum atomic E-state index is 0.388. The average Bonchev–Trinajstić information content (AvgIpc) is 2.48. The maximum atomic E-state index is 6.03. The topological polar surface area (TPSA) is 48.1 Å². The van der Waals surface area contributed by atoms with Crippen LogP contribution in [0, 0.1) is 6.92 Å². The molecular formula is C17H15ClN2O. The highest BCUT2D eigenvalue weighted by molar-refractivity contribution is 6.30. The first-order valence-corrected chi connectivity index (χ1v) is 7.08. The highest BCUT2D eigenvalue weighted by atomic mass is 35.5. The summed E-state index contributed by atoms with van der Waals surface area (Å²) in [6.45, 7) is 2.36. The molecule has 0 atom stereocenters. The molecule has 0 aliphatic heterocycles. The number of benzene rings is 2. The van der Waals surface area contributed by atoms with Crippen LogP contribution in [0.25, 0.3) is 10.9 Å². The van der Waals surface area contributed by atoms with E-state index in [0.717, 1.165) is 22.0 Å². The second-order valence-electron chi connectivity index (χ2n) is 4.86. The summed E-state index contributed by atoms with van der Waals surface area (Å²) in [5.74, 6) is 1.22. The molecule has 3 aromatic rings. The van der Waals surface area contributed by atoms with Crippen LogP contribution in [0.3, 0.4) is 0 Å². The molecule has 3 rings (SSSR count). The second kappa shape index (κ2) is 5.72. The number of ether oxygens (including phenoxy) is 1. The molecule has 3 nitrogen and oxygen atoms in total. The standard InChI is InChI=1S/C17H15ClN2O/c1-11-8-12-4-2-3-5-15(12)20-17(11)21-16-9-14(18)7-6-13(16)10-19/h2-9H,10,19H2,1H3. The van der Waals surface area contributed by atoms with E-state index in [0.29, 0.717) is 23.2 Å². The van der Waals surface area contributed by atoms with E-state index in [4.69, 9.17) is 22.1 Å². The Bertz CT molecular complexity index is 802. The summed E-state index contributed by atoms with van der Waals surface area (Å²) >= 11 is 6.03. The first-order chi connectivity index (χ1) is 10.2. The molecule has 2 aromatic carbocycles. The van der Waals surface area contributed by atoms with Crippen molar-refractivity contribution in [3.8, 4) is 11.6 Å². The number of aromatic nitrogens is 1.